The van der Waals surface area contributed by atoms with Crippen molar-refractivity contribution < 1.29 is 4.79 Å². The number of piperidine rings is 2. The van der Waals surface area contributed by atoms with E-state index in [-0.39, 0.29) is 5.91 Å². The van der Waals surface area contributed by atoms with Crippen molar-refractivity contribution in [3.8, 4) is 0 Å². The maximum Gasteiger partial charge on any atom is 0.219 e. The van der Waals surface area contributed by atoms with Gasteiger partial charge in [-0.2, -0.15) is 0 Å². The van der Waals surface area contributed by atoms with Gasteiger partial charge in [-0.3, -0.25) is 4.79 Å². The van der Waals surface area contributed by atoms with E-state index in [1.54, 1.807) is 18.7 Å². The molecule has 0 bridgehead atoms. The molecule has 5 heteroatoms. The number of thioether (sulfide) groups is 1. The maximum atomic E-state index is 11.5. The molecule has 2 fully saturated rings. The van der Waals surface area contributed by atoms with Crippen molar-refractivity contribution >= 4 is 35.0 Å². The highest BCUT2D eigenvalue weighted by atomic mass is 35.5. The van der Waals surface area contributed by atoms with E-state index < -0.39 is 0 Å². The predicted octanol–water partition coefficient (Wildman–Crippen LogP) is 4.54. The summed E-state index contributed by atoms with van der Waals surface area (Å²) in [5.74, 6) is 1.84. The van der Waals surface area contributed by atoms with Crippen LogP contribution in [0.4, 0.5) is 5.69 Å². The van der Waals surface area contributed by atoms with E-state index in [0.29, 0.717) is 0 Å². The molecule has 0 radical (unpaired) electrons. The van der Waals surface area contributed by atoms with Crippen LogP contribution < -0.4 is 4.90 Å². The molecular formula is C19H27ClN2OS. The van der Waals surface area contributed by atoms with Crippen LogP contribution in [0.5, 0.6) is 0 Å². The van der Waals surface area contributed by atoms with Gasteiger partial charge in [-0.1, -0.05) is 11.6 Å². The molecule has 0 aromatic heterocycles. The van der Waals surface area contributed by atoms with Crippen molar-refractivity contribution in [2.24, 2.45) is 11.8 Å². The summed E-state index contributed by atoms with van der Waals surface area (Å²) in [6.07, 6.45) is 6.93. The summed E-state index contributed by atoms with van der Waals surface area (Å²) >= 11 is 8.05. The lowest BCUT2D eigenvalue weighted by atomic mass is 9.78. The van der Waals surface area contributed by atoms with Crippen LogP contribution in [-0.2, 0) is 4.79 Å². The molecule has 0 saturated carbocycles. The Balaban J connectivity index is 1.53. The highest BCUT2D eigenvalue weighted by Gasteiger charge is 2.30. The smallest absolute Gasteiger partial charge is 0.219 e. The van der Waals surface area contributed by atoms with Crippen molar-refractivity contribution in [2.75, 3.05) is 37.3 Å². The number of benzene rings is 1. The molecule has 0 unspecified atom stereocenters. The molecule has 0 atom stereocenters. The predicted molar refractivity (Wildman–Crippen MR) is 103 cm³/mol. The zero-order valence-electron chi connectivity index (χ0n) is 14.6. The molecule has 2 saturated heterocycles. The molecule has 2 aliphatic heterocycles. The minimum Gasteiger partial charge on any atom is -0.371 e. The van der Waals surface area contributed by atoms with Crippen molar-refractivity contribution in [3.05, 3.63) is 23.2 Å². The van der Waals surface area contributed by atoms with Crippen molar-refractivity contribution in [3.63, 3.8) is 0 Å². The van der Waals surface area contributed by atoms with E-state index in [1.807, 2.05) is 4.90 Å². The Morgan fingerprint density at radius 1 is 1.08 bits per heavy atom. The number of carbonyl (C=O) groups is 1. The molecular weight excluding hydrogens is 340 g/mol. The van der Waals surface area contributed by atoms with Gasteiger partial charge in [0.1, 0.15) is 0 Å². The average Bonchev–Trinajstić information content (AvgIpc) is 2.62. The van der Waals surface area contributed by atoms with E-state index >= 15 is 0 Å². The number of hydrogen-bond acceptors (Lipinski definition) is 3. The zero-order chi connectivity index (χ0) is 17.1. The Hall–Kier alpha value is -0.870. The monoisotopic (exact) mass is 366 g/mol. The number of nitrogens with zero attached hydrogens (tertiary/aromatic N) is 2. The third-order valence-corrected chi connectivity index (χ3v) is 6.91. The van der Waals surface area contributed by atoms with E-state index in [0.717, 1.165) is 47.9 Å². The van der Waals surface area contributed by atoms with Crippen molar-refractivity contribution in [1.29, 1.82) is 0 Å². The number of amides is 1. The SMILES string of the molecule is CSc1ccc(N2CCC(C3CCN(C(C)=O)CC3)CC2)cc1Cl. The first-order chi connectivity index (χ1) is 11.6. The fourth-order valence-corrected chi connectivity index (χ4v) is 5.03. The largest absolute Gasteiger partial charge is 0.371 e. The topological polar surface area (TPSA) is 23.6 Å². The van der Waals surface area contributed by atoms with Gasteiger partial charge >= 0.3 is 0 Å². The third-order valence-electron chi connectivity index (χ3n) is 5.69. The van der Waals surface area contributed by atoms with Gasteiger partial charge in [0, 0.05) is 43.7 Å². The van der Waals surface area contributed by atoms with Crippen LogP contribution in [0.3, 0.4) is 0 Å². The fourth-order valence-electron chi connectivity index (χ4n) is 4.17. The van der Waals surface area contributed by atoms with Crippen molar-refractivity contribution in [1.82, 2.24) is 4.90 Å². The Kier molecular flexibility index (Phi) is 5.98. The Labute approximate surface area is 154 Å². The second kappa shape index (κ2) is 8.01. The summed E-state index contributed by atoms with van der Waals surface area (Å²) in [4.78, 5) is 17.1. The van der Waals surface area contributed by atoms with Crippen LogP contribution in [-0.4, -0.2) is 43.2 Å². The molecule has 1 aromatic carbocycles. The second-order valence-corrected chi connectivity index (χ2v) is 8.24. The molecule has 3 nitrogen and oxygen atoms in total. The lowest BCUT2D eigenvalue weighted by Gasteiger charge is -2.40. The first kappa shape index (κ1) is 17.9. The molecule has 1 aromatic rings. The molecule has 132 valence electrons. The number of likely N-dealkylation sites (tertiary alicyclic amines) is 1. The number of carbonyl (C=O) groups excluding carboxylic acids is 1. The summed E-state index contributed by atoms with van der Waals surface area (Å²) in [6.45, 7) is 5.82. The first-order valence-electron chi connectivity index (χ1n) is 8.92. The number of hydrogen-bond donors (Lipinski definition) is 0. The molecule has 2 aliphatic rings. The molecule has 0 aliphatic carbocycles. The van der Waals surface area contributed by atoms with E-state index in [9.17, 15) is 4.79 Å². The van der Waals surface area contributed by atoms with Gasteiger partial charge in [-0.15, -0.1) is 11.8 Å². The molecule has 2 heterocycles. The minimum absolute atomic E-state index is 0.230. The van der Waals surface area contributed by atoms with Gasteiger partial charge < -0.3 is 9.80 Å². The summed E-state index contributed by atoms with van der Waals surface area (Å²) < 4.78 is 0. The molecule has 0 N–H and O–H groups in total. The van der Waals surface area contributed by atoms with Crippen molar-refractivity contribution in [2.45, 2.75) is 37.5 Å². The lowest BCUT2D eigenvalue weighted by Crippen LogP contribution is -2.42. The maximum absolute atomic E-state index is 11.5. The number of rotatable bonds is 3. The second-order valence-electron chi connectivity index (χ2n) is 6.99. The average molecular weight is 367 g/mol. The number of halogens is 1. The quantitative estimate of drug-likeness (QED) is 0.734. The highest BCUT2D eigenvalue weighted by Crippen LogP contribution is 2.35. The van der Waals surface area contributed by atoms with Gasteiger partial charge in [-0.25, -0.2) is 0 Å². The van der Waals surface area contributed by atoms with Gasteiger partial charge in [-0.05, 0) is 62.0 Å². The molecule has 1 amide bonds. The van der Waals surface area contributed by atoms with Crippen LogP contribution in [0.15, 0.2) is 23.1 Å². The van der Waals surface area contributed by atoms with Crippen LogP contribution in [0.25, 0.3) is 0 Å². The van der Waals surface area contributed by atoms with Crippen LogP contribution in [0, 0.1) is 11.8 Å². The summed E-state index contributed by atoms with van der Waals surface area (Å²) in [7, 11) is 0. The lowest BCUT2D eigenvalue weighted by molar-refractivity contribution is -0.130. The Morgan fingerprint density at radius 3 is 2.17 bits per heavy atom. The van der Waals surface area contributed by atoms with E-state index in [1.165, 1.54) is 31.4 Å². The summed E-state index contributed by atoms with van der Waals surface area (Å²) in [6, 6.07) is 6.44. The summed E-state index contributed by atoms with van der Waals surface area (Å²) in [5.41, 5.74) is 1.25. The van der Waals surface area contributed by atoms with Gasteiger partial charge in [0.05, 0.1) is 5.02 Å². The molecule has 24 heavy (non-hydrogen) atoms. The van der Waals surface area contributed by atoms with Crippen LogP contribution >= 0.6 is 23.4 Å². The molecule has 0 spiro atoms. The number of anilines is 1. The fraction of sp³-hybridized carbons (Fsp3) is 0.632. The van der Waals surface area contributed by atoms with E-state index in [4.69, 9.17) is 11.6 Å². The van der Waals surface area contributed by atoms with Crippen LogP contribution in [0.1, 0.15) is 32.6 Å². The normalized spacial score (nSPS) is 20.5. The van der Waals surface area contributed by atoms with Gasteiger partial charge in [0.25, 0.3) is 0 Å². The first-order valence-corrected chi connectivity index (χ1v) is 10.5. The highest BCUT2D eigenvalue weighted by molar-refractivity contribution is 7.98. The van der Waals surface area contributed by atoms with Gasteiger partial charge in [0.15, 0.2) is 0 Å². The summed E-state index contributed by atoms with van der Waals surface area (Å²) in [5, 5.41) is 0.860. The van der Waals surface area contributed by atoms with Gasteiger partial charge in [0.2, 0.25) is 5.91 Å². The third kappa shape index (κ3) is 4.02. The Bertz CT molecular complexity index is 579. The van der Waals surface area contributed by atoms with Crippen LogP contribution in [0.2, 0.25) is 5.02 Å². The standard InChI is InChI=1S/C19H27ClN2OS/c1-14(23)21-9-5-15(6-10-21)16-7-11-22(12-8-16)17-3-4-19(24-2)18(20)13-17/h3-4,13,15-16H,5-12H2,1-2H3. The Morgan fingerprint density at radius 2 is 1.67 bits per heavy atom. The molecule has 3 rings (SSSR count). The van der Waals surface area contributed by atoms with E-state index in [2.05, 4.69) is 29.4 Å². The minimum atomic E-state index is 0.230. The zero-order valence-corrected chi connectivity index (χ0v) is 16.2.